The molecule has 18 heteroatoms. The number of carbonyl (C=O) groups is 2. The first-order chi connectivity index (χ1) is 10.6. The lowest BCUT2D eigenvalue weighted by atomic mass is 10.7. The van der Waals surface area contributed by atoms with Crippen molar-refractivity contribution in [3.05, 3.63) is 0 Å². The molecule has 24 heavy (non-hydrogen) atoms. The van der Waals surface area contributed by atoms with Gasteiger partial charge < -0.3 is 50.3 Å². The van der Waals surface area contributed by atoms with Gasteiger partial charge in [-0.2, -0.15) is 0 Å². The van der Waals surface area contributed by atoms with Crippen LogP contribution in [0.3, 0.4) is 0 Å². The number of carbonyl (C=O) groups excluding carboxylic acids is 2. The van der Waals surface area contributed by atoms with Crippen molar-refractivity contribution in [3.63, 3.8) is 0 Å². The maximum Gasteiger partial charge on any atom is 0.362 e. The van der Waals surface area contributed by atoms with Gasteiger partial charge in [0.05, 0.1) is 13.1 Å². The molecule has 0 aromatic rings. The van der Waals surface area contributed by atoms with Gasteiger partial charge in [0.15, 0.2) is 12.7 Å². The maximum absolute atomic E-state index is 10.2. The van der Waals surface area contributed by atoms with E-state index in [1.54, 1.807) is 0 Å². The van der Waals surface area contributed by atoms with Crippen LogP contribution in [0.25, 0.3) is 0 Å². The summed E-state index contributed by atoms with van der Waals surface area (Å²) in [4.78, 5) is 67.3. The number of rotatable bonds is 6. The second-order valence-electron chi connectivity index (χ2n) is 3.31. The monoisotopic (exact) mass is 420 g/mol. The fourth-order valence-corrected chi connectivity index (χ4v) is 1.05. The third-order valence-corrected chi connectivity index (χ3v) is 2.05. The standard InChI is InChI=1S/2C3H8NO5P.H3O3P/c2*4-1-3(5)9-2-10(6,7)8;1-4(2)3/h2*1-2,4H2,(H2,6,7,8);4H,(H2,1,2,3). The molecule has 0 fully saturated rings. The Kier molecular flexibility index (Phi) is 17.2. The fraction of sp³-hybridized carbons (Fsp3) is 0.667. The molecule has 146 valence electrons. The van der Waals surface area contributed by atoms with Crippen molar-refractivity contribution in [3.8, 4) is 0 Å². The summed E-state index contributed by atoms with van der Waals surface area (Å²) in [6.07, 6.45) is -1.80. The average Bonchev–Trinajstić information content (AvgIpc) is 2.40. The molecular formula is C6H19N2O13P3. The zero-order valence-corrected chi connectivity index (χ0v) is 14.7. The molecule has 0 bridgehead atoms. The van der Waals surface area contributed by atoms with Gasteiger partial charge in [-0.3, -0.25) is 23.3 Å². The smallest absolute Gasteiger partial charge is 0.362 e. The highest BCUT2D eigenvalue weighted by molar-refractivity contribution is 7.51. The van der Waals surface area contributed by atoms with E-state index in [1.165, 1.54) is 0 Å². The fourth-order valence-electron chi connectivity index (χ4n) is 0.430. The highest BCUT2D eigenvalue weighted by Crippen LogP contribution is 2.34. The molecule has 0 atom stereocenters. The first-order valence-electron chi connectivity index (χ1n) is 5.37. The van der Waals surface area contributed by atoms with Crippen LogP contribution in [-0.4, -0.2) is 67.1 Å². The Bertz CT molecular complexity index is 442. The van der Waals surface area contributed by atoms with Gasteiger partial charge in [-0.1, -0.05) is 0 Å². The van der Waals surface area contributed by atoms with Crippen LogP contribution in [0.5, 0.6) is 0 Å². The zero-order valence-electron chi connectivity index (χ0n) is 11.9. The minimum Gasteiger partial charge on any atom is -0.452 e. The van der Waals surface area contributed by atoms with Crippen LogP contribution in [0.15, 0.2) is 0 Å². The van der Waals surface area contributed by atoms with Gasteiger partial charge in [-0.15, -0.1) is 0 Å². The van der Waals surface area contributed by atoms with Crippen molar-refractivity contribution in [1.29, 1.82) is 0 Å². The summed E-state index contributed by atoms with van der Waals surface area (Å²) < 4.78 is 36.9. The Labute approximate surface area is 135 Å². The van der Waals surface area contributed by atoms with Crippen LogP contribution in [-0.2, 0) is 32.8 Å². The van der Waals surface area contributed by atoms with Crippen LogP contribution >= 0.6 is 23.4 Å². The Morgan fingerprint density at radius 3 is 1.17 bits per heavy atom. The Hall–Kier alpha value is -0.690. The van der Waals surface area contributed by atoms with Crippen LogP contribution < -0.4 is 11.5 Å². The Morgan fingerprint density at radius 2 is 1.04 bits per heavy atom. The Balaban J connectivity index is -0.000000301. The van der Waals surface area contributed by atoms with Gasteiger partial charge in [0.1, 0.15) is 0 Å². The van der Waals surface area contributed by atoms with E-state index in [1.807, 2.05) is 0 Å². The number of hydrogen-bond acceptors (Lipinski definition) is 9. The van der Waals surface area contributed by atoms with Gasteiger partial charge >= 0.3 is 35.4 Å². The van der Waals surface area contributed by atoms with Gasteiger partial charge in [-0.05, 0) is 0 Å². The molecule has 0 aromatic carbocycles. The molecule has 0 spiro atoms. The molecule has 0 unspecified atom stereocenters. The molecule has 0 heterocycles. The van der Waals surface area contributed by atoms with Crippen LogP contribution in [0.2, 0.25) is 0 Å². The second-order valence-corrected chi connectivity index (χ2v) is 7.05. The van der Waals surface area contributed by atoms with E-state index in [0.29, 0.717) is 0 Å². The van der Waals surface area contributed by atoms with Crippen molar-refractivity contribution in [1.82, 2.24) is 0 Å². The molecule has 10 N–H and O–H groups in total. The summed E-state index contributed by atoms with van der Waals surface area (Å²) in [7, 11) is -11.6. The van der Waals surface area contributed by atoms with Gasteiger partial charge in [0.2, 0.25) is 0 Å². The van der Waals surface area contributed by atoms with Gasteiger partial charge in [-0.25, -0.2) is 0 Å². The van der Waals surface area contributed by atoms with Crippen LogP contribution in [0.4, 0.5) is 0 Å². The van der Waals surface area contributed by atoms with Crippen molar-refractivity contribution in [2.75, 3.05) is 25.8 Å². The van der Waals surface area contributed by atoms with Crippen LogP contribution in [0.1, 0.15) is 0 Å². The molecule has 0 radical (unpaired) electrons. The molecule has 0 saturated carbocycles. The third-order valence-electron chi connectivity index (χ3n) is 1.12. The number of hydrogen-bond donors (Lipinski definition) is 8. The maximum atomic E-state index is 10.2. The van der Waals surface area contributed by atoms with E-state index in [9.17, 15) is 18.7 Å². The molecule has 15 nitrogen and oxygen atoms in total. The second kappa shape index (κ2) is 14.6. The molecule has 0 rings (SSSR count). The van der Waals surface area contributed by atoms with E-state index in [0.717, 1.165) is 0 Å². The largest absolute Gasteiger partial charge is 0.452 e. The minimum atomic E-state index is -4.23. The average molecular weight is 420 g/mol. The summed E-state index contributed by atoms with van der Waals surface area (Å²) in [6, 6.07) is 0. The topological polar surface area (TPSA) is 277 Å². The molecule has 0 aliphatic rings. The third kappa shape index (κ3) is 37.5. The lowest BCUT2D eigenvalue weighted by Crippen LogP contribution is -2.17. The predicted octanol–water partition coefficient (Wildman–Crippen LogP) is -3.39. The summed E-state index contributed by atoms with van der Waals surface area (Å²) in [5.74, 6) is -1.66. The first-order valence-corrected chi connectivity index (χ1v) is 10.3. The van der Waals surface area contributed by atoms with E-state index >= 15 is 0 Å². The lowest BCUT2D eigenvalue weighted by molar-refractivity contribution is -0.141. The predicted molar refractivity (Wildman–Crippen MR) is 77.6 cm³/mol. The Morgan fingerprint density at radius 1 is 0.833 bits per heavy atom. The molecule has 0 aromatic heterocycles. The number of esters is 2. The summed E-state index contributed by atoms with van der Waals surface area (Å²) in [6.45, 7) is -0.750. The van der Waals surface area contributed by atoms with E-state index in [4.69, 9.17) is 45.4 Å². The van der Waals surface area contributed by atoms with Gasteiger partial charge in [0.25, 0.3) is 0 Å². The SMILES string of the molecule is NCC(=O)OCP(=O)(O)O.NCC(=O)OCP(=O)(O)O.O=[PH](O)O. The molecule has 0 aliphatic carbocycles. The molecular weight excluding hydrogens is 401 g/mol. The van der Waals surface area contributed by atoms with E-state index in [-0.39, 0.29) is 13.1 Å². The lowest BCUT2D eigenvalue weighted by Gasteiger charge is -2.03. The van der Waals surface area contributed by atoms with Crippen LogP contribution in [0, 0.1) is 0 Å². The normalized spacial score (nSPS) is 10.7. The van der Waals surface area contributed by atoms with Crippen molar-refractivity contribution in [2.45, 2.75) is 0 Å². The number of nitrogens with two attached hydrogens (primary N) is 2. The number of ether oxygens (including phenoxy) is 2. The summed E-state index contributed by atoms with van der Waals surface area (Å²) in [5.41, 5.74) is 9.55. The highest BCUT2D eigenvalue weighted by atomic mass is 31.2. The highest BCUT2D eigenvalue weighted by Gasteiger charge is 2.15. The van der Waals surface area contributed by atoms with Crippen molar-refractivity contribution >= 4 is 35.4 Å². The molecule has 0 amide bonds. The van der Waals surface area contributed by atoms with Crippen molar-refractivity contribution < 1.29 is 62.1 Å². The van der Waals surface area contributed by atoms with Gasteiger partial charge in [0, 0.05) is 0 Å². The zero-order chi connectivity index (χ0) is 20.0. The summed E-state index contributed by atoms with van der Waals surface area (Å²) >= 11 is 0. The molecule has 0 aliphatic heterocycles. The van der Waals surface area contributed by atoms with E-state index in [2.05, 4.69) is 9.47 Å². The summed E-state index contributed by atoms with van der Waals surface area (Å²) in [5, 5.41) is 0. The first kappa shape index (κ1) is 28.1. The molecule has 0 saturated heterocycles. The van der Waals surface area contributed by atoms with E-state index < -0.39 is 48.1 Å². The quantitative estimate of drug-likeness (QED) is 0.154. The van der Waals surface area contributed by atoms with Crippen molar-refractivity contribution in [2.24, 2.45) is 11.5 Å². The minimum absolute atomic E-state index is 0.375.